The zero-order chi connectivity index (χ0) is 8.97. The first-order chi connectivity index (χ1) is 5.74. The second-order valence-corrected chi connectivity index (χ2v) is 2.55. The van der Waals surface area contributed by atoms with Crippen LogP contribution in [-0.4, -0.2) is 24.0 Å². The molecular formula is C9H14BrNO2. The summed E-state index contributed by atoms with van der Waals surface area (Å²) < 4.78 is 0. The minimum absolute atomic E-state index is 0. The van der Waals surface area contributed by atoms with Gasteiger partial charge in [-0.15, -0.1) is 17.0 Å². The molecule has 0 radical (unpaired) electrons. The van der Waals surface area contributed by atoms with Gasteiger partial charge >= 0.3 is 0 Å². The van der Waals surface area contributed by atoms with Gasteiger partial charge in [0.1, 0.15) is 0 Å². The molecule has 0 N–H and O–H groups in total. The van der Waals surface area contributed by atoms with E-state index >= 15 is 0 Å². The molecule has 0 saturated heterocycles. The summed E-state index contributed by atoms with van der Waals surface area (Å²) in [7, 11) is 0. The Labute approximate surface area is 88.8 Å². The lowest BCUT2D eigenvalue weighted by Crippen LogP contribution is -2.21. The van der Waals surface area contributed by atoms with Crippen LogP contribution in [0.15, 0.2) is 23.9 Å². The van der Waals surface area contributed by atoms with Gasteiger partial charge in [-0.05, 0) is 19.9 Å². The summed E-state index contributed by atoms with van der Waals surface area (Å²) in [5, 5.41) is 1.70. The number of halogens is 1. The van der Waals surface area contributed by atoms with E-state index in [1.165, 1.54) is 0 Å². The van der Waals surface area contributed by atoms with Gasteiger partial charge in [-0.2, -0.15) is 0 Å². The van der Waals surface area contributed by atoms with Crippen LogP contribution in [0.4, 0.5) is 0 Å². The number of ketones is 1. The highest BCUT2D eigenvalue weighted by Gasteiger charge is 2.06. The lowest BCUT2D eigenvalue weighted by atomic mass is 10.1. The Kier molecular flexibility index (Phi) is 5.66. The quantitative estimate of drug-likeness (QED) is 0.763. The Morgan fingerprint density at radius 2 is 2.38 bits per heavy atom. The average Bonchev–Trinajstić information content (AvgIpc) is 2.06. The summed E-state index contributed by atoms with van der Waals surface area (Å²) in [5.74, 6) is 0.0994. The number of hydrogen-bond donors (Lipinski definition) is 0. The van der Waals surface area contributed by atoms with Gasteiger partial charge in [0.25, 0.3) is 0 Å². The van der Waals surface area contributed by atoms with E-state index in [1.807, 2.05) is 13.0 Å². The van der Waals surface area contributed by atoms with Crippen molar-refractivity contribution in [2.45, 2.75) is 13.8 Å². The summed E-state index contributed by atoms with van der Waals surface area (Å²) in [6.45, 7) is 4.79. The molecule has 1 aliphatic rings. The number of carbonyl (C=O) groups excluding carboxylic acids is 1. The molecule has 4 heteroatoms. The van der Waals surface area contributed by atoms with Crippen molar-refractivity contribution in [1.82, 2.24) is 5.06 Å². The predicted octanol–water partition coefficient (Wildman–Crippen LogP) is 1.86. The molecule has 0 aromatic carbocycles. The highest BCUT2D eigenvalue weighted by atomic mass is 79.9. The van der Waals surface area contributed by atoms with Crippen molar-refractivity contribution in [3.05, 3.63) is 23.9 Å². The molecule has 0 bridgehead atoms. The van der Waals surface area contributed by atoms with E-state index < -0.39 is 0 Å². The number of allylic oxidation sites excluding steroid dienone is 2. The molecule has 13 heavy (non-hydrogen) atoms. The molecule has 0 unspecified atom stereocenters. The Bertz CT molecular complexity index is 236. The van der Waals surface area contributed by atoms with E-state index in [0.29, 0.717) is 13.2 Å². The van der Waals surface area contributed by atoms with Crippen molar-refractivity contribution in [1.29, 1.82) is 0 Å². The third-order valence-corrected chi connectivity index (χ3v) is 1.61. The topological polar surface area (TPSA) is 29.5 Å². The van der Waals surface area contributed by atoms with E-state index in [0.717, 1.165) is 5.57 Å². The monoisotopic (exact) mass is 247 g/mol. The largest absolute Gasteiger partial charge is 0.295 e. The van der Waals surface area contributed by atoms with Gasteiger partial charge in [-0.25, -0.2) is 0 Å². The maximum Gasteiger partial charge on any atom is 0.159 e. The van der Waals surface area contributed by atoms with E-state index in [1.54, 1.807) is 24.3 Å². The predicted molar refractivity (Wildman–Crippen MR) is 56.6 cm³/mol. The molecule has 74 valence electrons. The van der Waals surface area contributed by atoms with Gasteiger partial charge in [0.15, 0.2) is 5.78 Å². The van der Waals surface area contributed by atoms with Crippen molar-refractivity contribution in [3.8, 4) is 0 Å². The minimum Gasteiger partial charge on any atom is -0.295 e. The van der Waals surface area contributed by atoms with Crippen LogP contribution in [0.3, 0.4) is 0 Å². The molecule has 0 amide bonds. The normalized spacial score (nSPS) is 14.9. The summed E-state index contributed by atoms with van der Waals surface area (Å²) in [4.78, 5) is 16.1. The molecule has 0 saturated carbocycles. The molecule has 0 aliphatic carbocycles. The van der Waals surface area contributed by atoms with Crippen molar-refractivity contribution < 1.29 is 9.63 Å². The first kappa shape index (κ1) is 12.4. The van der Waals surface area contributed by atoms with Gasteiger partial charge in [0.2, 0.25) is 0 Å². The minimum atomic E-state index is 0. The Morgan fingerprint density at radius 1 is 1.69 bits per heavy atom. The summed E-state index contributed by atoms with van der Waals surface area (Å²) in [6, 6.07) is 0. The highest BCUT2D eigenvalue weighted by molar-refractivity contribution is 8.93. The first-order valence-corrected chi connectivity index (χ1v) is 4.03. The van der Waals surface area contributed by atoms with Crippen molar-refractivity contribution >= 4 is 22.8 Å². The fraction of sp³-hybridized carbons (Fsp3) is 0.444. The molecular weight excluding hydrogens is 234 g/mol. The standard InChI is InChI=1S/C9H13NO2.BrH/c1-3-12-10-6-4-9(5-7-10)8(2)11;/h4-6H,3,7H2,1-2H3;1H. The lowest BCUT2D eigenvalue weighted by molar-refractivity contribution is -0.114. The second-order valence-electron chi connectivity index (χ2n) is 2.55. The molecule has 3 nitrogen and oxygen atoms in total. The maximum atomic E-state index is 10.9. The molecule has 0 aromatic rings. The van der Waals surface area contributed by atoms with Gasteiger partial charge < -0.3 is 0 Å². The smallest absolute Gasteiger partial charge is 0.159 e. The molecule has 1 aliphatic heterocycles. The Balaban J connectivity index is 0.00000144. The second kappa shape index (κ2) is 5.94. The van der Waals surface area contributed by atoms with Crippen LogP contribution in [-0.2, 0) is 9.63 Å². The van der Waals surface area contributed by atoms with Crippen molar-refractivity contribution in [2.24, 2.45) is 0 Å². The van der Waals surface area contributed by atoms with Crippen molar-refractivity contribution in [3.63, 3.8) is 0 Å². The van der Waals surface area contributed by atoms with Crippen LogP contribution in [0.25, 0.3) is 0 Å². The number of rotatable bonds is 3. The van der Waals surface area contributed by atoms with Crippen LogP contribution in [0, 0.1) is 0 Å². The molecule has 0 fully saturated rings. The first-order valence-electron chi connectivity index (χ1n) is 4.03. The summed E-state index contributed by atoms with van der Waals surface area (Å²) >= 11 is 0. The number of Topliss-reactive ketones (excluding diaryl/α,β-unsaturated/α-hetero) is 1. The van der Waals surface area contributed by atoms with Gasteiger partial charge in [0.05, 0.1) is 13.2 Å². The van der Waals surface area contributed by atoms with E-state index in [2.05, 4.69) is 0 Å². The van der Waals surface area contributed by atoms with E-state index in [9.17, 15) is 4.79 Å². The zero-order valence-corrected chi connectivity index (χ0v) is 9.53. The summed E-state index contributed by atoms with van der Waals surface area (Å²) in [6.07, 6.45) is 5.40. The fourth-order valence-electron chi connectivity index (χ4n) is 1.00. The van der Waals surface area contributed by atoms with Crippen LogP contribution in [0.5, 0.6) is 0 Å². The van der Waals surface area contributed by atoms with Crippen LogP contribution < -0.4 is 0 Å². The van der Waals surface area contributed by atoms with Gasteiger partial charge in [0, 0.05) is 11.8 Å². The average molecular weight is 248 g/mol. The molecule has 0 atom stereocenters. The number of hydroxylamine groups is 2. The van der Waals surface area contributed by atoms with Crippen LogP contribution in [0.2, 0.25) is 0 Å². The SMILES string of the molecule is Br.CCON1C=CC(C(C)=O)=CC1. The lowest BCUT2D eigenvalue weighted by Gasteiger charge is -2.20. The molecule has 0 aromatic heterocycles. The molecule has 0 spiro atoms. The third-order valence-electron chi connectivity index (χ3n) is 1.61. The fourth-order valence-corrected chi connectivity index (χ4v) is 1.00. The molecule has 1 rings (SSSR count). The number of hydrogen-bond acceptors (Lipinski definition) is 3. The Hall–Kier alpha value is -0.610. The van der Waals surface area contributed by atoms with Crippen LogP contribution >= 0.6 is 17.0 Å². The van der Waals surface area contributed by atoms with Gasteiger partial charge in [-0.3, -0.25) is 14.7 Å². The zero-order valence-electron chi connectivity index (χ0n) is 7.82. The Morgan fingerprint density at radius 3 is 2.77 bits per heavy atom. The maximum absolute atomic E-state index is 10.9. The number of nitrogens with zero attached hydrogens (tertiary/aromatic N) is 1. The van der Waals surface area contributed by atoms with E-state index in [4.69, 9.17) is 4.84 Å². The van der Waals surface area contributed by atoms with Gasteiger partial charge in [-0.1, -0.05) is 6.08 Å². The van der Waals surface area contributed by atoms with E-state index in [-0.39, 0.29) is 22.8 Å². The third kappa shape index (κ3) is 3.74. The molecule has 1 heterocycles. The van der Waals surface area contributed by atoms with Crippen molar-refractivity contribution in [2.75, 3.05) is 13.2 Å². The summed E-state index contributed by atoms with van der Waals surface area (Å²) in [5.41, 5.74) is 0.756. The highest BCUT2D eigenvalue weighted by Crippen LogP contribution is 2.07. The van der Waals surface area contributed by atoms with Crippen LogP contribution in [0.1, 0.15) is 13.8 Å². The number of carbonyl (C=O) groups is 1.